The van der Waals surface area contributed by atoms with E-state index in [0.29, 0.717) is 19.3 Å². The predicted molar refractivity (Wildman–Crippen MR) is 261 cm³/mol. The second-order valence-corrected chi connectivity index (χ2v) is 20.3. The molecule has 0 aliphatic rings. The minimum atomic E-state index is -0.763. The van der Waals surface area contributed by atoms with Gasteiger partial charge in [0.2, 0.25) is 0 Å². The summed E-state index contributed by atoms with van der Waals surface area (Å²) in [7, 11) is 0. The zero-order valence-corrected chi connectivity index (χ0v) is 42.0. The molecule has 0 N–H and O–H groups in total. The molecule has 0 saturated carbocycles. The molecule has 0 amide bonds. The summed E-state index contributed by atoms with van der Waals surface area (Å²) in [5.74, 6) is 1.64. The number of hydrogen-bond donors (Lipinski definition) is 0. The van der Waals surface area contributed by atoms with Gasteiger partial charge in [0, 0.05) is 19.3 Å². The zero-order valence-electron chi connectivity index (χ0n) is 42.0. The van der Waals surface area contributed by atoms with Crippen molar-refractivity contribution in [2.75, 3.05) is 13.2 Å². The first-order valence-electron chi connectivity index (χ1n) is 27.1. The lowest BCUT2D eigenvalue weighted by atomic mass is 10.0. The van der Waals surface area contributed by atoms with Crippen LogP contribution < -0.4 is 0 Å². The van der Waals surface area contributed by atoms with Crippen LogP contribution in [0.2, 0.25) is 0 Å². The van der Waals surface area contributed by atoms with Crippen LogP contribution in [0.4, 0.5) is 0 Å². The fourth-order valence-corrected chi connectivity index (χ4v) is 8.29. The van der Waals surface area contributed by atoms with Gasteiger partial charge in [-0.2, -0.15) is 0 Å². The van der Waals surface area contributed by atoms with Crippen LogP contribution in [0.1, 0.15) is 298 Å². The molecule has 0 bridgehead atoms. The summed E-state index contributed by atoms with van der Waals surface area (Å²) in [5.41, 5.74) is 0. The average molecular weight is 863 g/mol. The van der Waals surface area contributed by atoms with Crippen molar-refractivity contribution in [1.82, 2.24) is 0 Å². The second-order valence-electron chi connectivity index (χ2n) is 20.3. The summed E-state index contributed by atoms with van der Waals surface area (Å²) in [5, 5.41) is 0. The Bertz CT molecular complexity index is 945. The van der Waals surface area contributed by atoms with Crippen molar-refractivity contribution in [3.63, 3.8) is 0 Å². The molecule has 0 heterocycles. The molecule has 0 fully saturated rings. The molecule has 0 aromatic heterocycles. The van der Waals surface area contributed by atoms with Crippen LogP contribution in [0, 0.1) is 17.8 Å². The van der Waals surface area contributed by atoms with Gasteiger partial charge >= 0.3 is 17.9 Å². The maximum atomic E-state index is 12.8. The van der Waals surface area contributed by atoms with Crippen molar-refractivity contribution >= 4 is 17.9 Å². The normalized spacial score (nSPS) is 12.1. The SMILES string of the molecule is CC(C)CCCCCCCCCCCCCCC(=O)OC[C@@H](COC(=O)CCCCCCCCCCCCCC(C)C)OC(=O)CCCCCCCCCCCCCC(C)C. The molecule has 1 atom stereocenters. The van der Waals surface area contributed by atoms with E-state index >= 15 is 0 Å². The van der Waals surface area contributed by atoms with Gasteiger partial charge in [0.05, 0.1) is 0 Å². The van der Waals surface area contributed by atoms with Crippen LogP contribution in [0.15, 0.2) is 0 Å². The molecule has 61 heavy (non-hydrogen) atoms. The topological polar surface area (TPSA) is 78.9 Å². The van der Waals surface area contributed by atoms with Gasteiger partial charge in [-0.3, -0.25) is 14.4 Å². The molecule has 0 aromatic rings. The molecule has 0 unspecified atom stereocenters. The zero-order chi connectivity index (χ0) is 44.9. The highest BCUT2D eigenvalue weighted by atomic mass is 16.6. The van der Waals surface area contributed by atoms with Crippen molar-refractivity contribution in [3.8, 4) is 0 Å². The van der Waals surface area contributed by atoms with Crippen molar-refractivity contribution in [2.45, 2.75) is 304 Å². The lowest BCUT2D eigenvalue weighted by molar-refractivity contribution is -0.167. The Morgan fingerprint density at radius 3 is 0.705 bits per heavy atom. The van der Waals surface area contributed by atoms with Gasteiger partial charge in [-0.15, -0.1) is 0 Å². The van der Waals surface area contributed by atoms with E-state index in [1.54, 1.807) is 0 Å². The molecule has 0 rings (SSSR count). The second kappa shape index (κ2) is 46.4. The van der Waals surface area contributed by atoms with Gasteiger partial charge in [0.25, 0.3) is 0 Å². The molecule has 0 aliphatic heterocycles. The third-order valence-corrected chi connectivity index (χ3v) is 12.4. The minimum absolute atomic E-state index is 0.0642. The first-order chi connectivity index (χ1) is 29.6. The molecule has 0 radical (unpaired) electrons. The molecule has 362 valence electrons. The minimum Gasteiger partial charge on any atom is -0.462 e. The Hall–Kier alpha value is -1.59. The lowest BCUT2D eigenvalue weighted by Gasteiger charge is -2.18. The van der Waals surface area contributed by atoms with Crippen LogP contribution in [-0.2, 0) is 28.6 Å². The number of carbonyl (C=O) groups is 3. The summed E-state index contributed by atoms with van der Waals surface area (Å²) in [6.45, 7) is 13.7. The van der Waals surface area contributed by atoms with Gasteiger partial charge in [-0.1, -0.05) is 260 Å². The Balaban J connectivity index is 4.32. The van der Waals surface area contributed by atoms with Crippen LogP contribution in [0.5, 0.6) is 0 Å². The van der Waals surface area contributed by atoms with E-state index in [4.69, 9.17) is 14.2 Å². The highest BCUT2D eigenvalue weighted by molar-refractivity contribution is 5.71. The molecule has 6 heteroatoms. The van der Waals surface area contributed by atoms with E-state index < -0.39 is 6.10 Å². The molecular formula is C55H106O6. The molecule has 0 aliphatic carbocycles. The summed E-state index contributed by atoms with van der Waals surface area (Å²) >= 11 is 0. The third kappa shape index (κ3) is 49.3. The monoisotopic (exact) mass is 863 g/mol. The summed E-state index contributed by atoms with van der Waals surface area (Å²) in [6.07, 6.45) is 46.6. The first-order valence-corrected chi connectivity index (χ1v) is 27.1. The van der Waals surface area contributed by atoms with Crippen molar-refractivity contribution < 1.29 is 28.6 Å². The fourth-order valence-electron chi connectivity index (χ4n) is 8.29. The number of rotatable bonds is 48. The Morgan fingerprint density at radius 1 is 0.279 bits per heavy atom. The van der Waals surface area contributed by atoms with E-state index in [1.807, 2.05) is 0 Å². The summed E-state index contributed by atoms with van der Waals surface area (Å²) in [4.78, 5) is 38.0. The number of unbranched alkanes of at least 4 members (excludes halogenated alkanes) is 31. The fraction of sp³-hybridized carbons (Fsp3) is 0.945. The molecule has 6 nitrogen and oxygen atoms in total. The quantitative estimate of drug-likeness (QED) is 0.0344. The Kier molecular flexibility index (Phi) is 45.2. The molecule has 0 saturated heterocycles. The maximum Gasteiger partial charge on any atom is 0.306 e. The maximum absolute atomic E-state index is 12.8. The van der Waals surface area contributed by atoms with Crippen LogP contribution in [0.25, 0.3) is 0 Å². The van der Waals surface area contributed by atoms with Crippen molar-refractivity contribution in [1.29, 1.82) is 0 Å². The number of carbonyl (C=O) groups excluding carboxylic acids is 3. The average Bonchev–Trinajstić information content (AvgIpc) is 3.22. The summed E-state index contributed by atoms with van der Waals surface area (Å²) in [6, 6.07) is 0. The standard InChI is InChI=1S/C55H106O6/c1-49(2)41-35-29-23-17-11-7-8-14-20-26-32-38-44-53(56)59-47-52(61-55(58)46-40-34-28-22-16-10-13-19-25-31-37-43-51(5)6)48-60-54(57)45-39-33-27-21-15-9-12-18-24-30-36-42-50(3)4/h49-52H,7-48H2,1-6H3/t52-/m0/s1. The smallest absolute Gasteiger partial charge is 0.306 e. The van der Waals surface area contributed by atoms with Crippen LogP contribution >= 0.6 is 0 Å². The lowest BCUT2D eigenvalue weighted by Crippen LogP contribution is -2.30. The van der Waals surface area contributed by atoms with Gasteiger partial charge in [-0.05, 0) is 37.0 Å². The highest BCUT2D eigenvalue weighted by Gasteiger charge is 2.19. The van der Waals surface area contributed by atoms with Crippen molar-refractivity contribution in [3.05, 3.63) is 0 Å². The van der Waals surface area contributed by atoms with E-state index in [-0.39, 0.29) is 31.1 Å². The first kappa shape index (κ1) is 59.4. The molecule has 0 aromatic carbocycles. The van der Waals surface area contributed by atoms with Crippen molar-refractivity contribution in [2.24, 2.45) is 17.8 Å². The van der Waals surface area contributed by atoms with Crippen LogP contribution in [0.3, 0.4) is 0 Å². The largest absolute Gasteiger partial charge is 0.462 e. The van der Waals surface area contributed by atoms with Crippen LogP contribution in [-0.4, -0.2) is 37.2 Å². The Morgan fingerprint density at radius 2 is 0.475 bits per heavy atom. The van der Waals surface area contributed by atoms with Gasteiger partial charge in [0.1, 0.15) is 13.2 Å². The molecule has 0 spiro atoms. The van der Waals surface area contributed by atoms with Gasteiger partial charge in [0.15, 0.2) is 6.10 Å². The van der Waals surface area contributed by atoms with E-state index in [2.05, 4.69) is 41.5 Å². The van der Waals surface area contributed by atoms with E-state index in [0.717, 1.165) is 75.5 Å². The number of ether oxygens (including phenoxy) is 3. The predicted octanol–water partition coefficient (Wildman–Crippen LogP) is 17.6. The Labute approximate surface area is 380 Å². The van der Waals surface area contributed by atoms with Gasteiger partial charge < -0.3 is 14.2 Å². The highest BCUT2D eigenvalue weighted by Crippen LogP contribution is 2.18. The van der Waals surface area contributed by atoms with Gasteiger partial charge in [-0.25, -0.2) is 0 Å². The third-order valence-electron chi connectivity index (χ3n) is 12.4. The number of esters is 3. The summed E-state index contributed by atoms with van der Waals surface area (Å²) < 4.78 is 16.8. The molecular weight excluding hydrogens is 757 g/mol. The number of hydrogen-bond acceptors (Lipinski definition) is 6. The van der Waals surface area contributed by atoms with E-state index in [9.17, 15) is 14.4 Å². The van der Waals surface area contributed by atoms with E-state index in [1.165, 1.54) is 180 Å².